The largest absolute Gasteiger partial charge is 0.484 e. The first-order valence-electron chi connectivity index (χ1n) is 18.2. The Labute approximate surface area is 302 Å². The van der Waals surface area contributed by atoms with Gasteiger partial charge in [0.2, 0.25) is 11.2 Å². The zero-order valence-corrected chi connectivity index (χ0v) is 31.8. The van der Waals surface area contributed by atoms with E-state index in [0.717, 1.165) is 31.7 Å². The van der Waals surface area contributed by atoms with E-state index >= 15 is 0 Å². The van der Waals surface area contributed by atoms with Gasteiger partial charge in [-0.1, -0.05) is 66.4 Å². The van der Waals surface area contributed by atoms with Gasteiger partial charge in [0.05, 0.1) is 12.6 Å². The second-order valence-electron chi connectivity index (χ2n) is 14.3. The van der Waals surface area contributed by atoms with Gasteiger partial charge in [0.1, 0.15) is 17.2 Å². The fourth-order valence-electron chi connectivity index (χ4n) is 6.97. The molecule has 284 valence electrons. The number of esters is 1. The van der Waals surface area contributed by atoms with Gasteiger partial charge in [-0.2, -0.15) is 0 Å². The van der Waals surface area contributed by atoms with Crippen LogP contribution in [0.25, 0.3) is 0 Å². The molecular formula is C39H58F2N4O6. The summed E-state index contributed by atoms with van der Waals surface area (Å²) in [5.41, 5.74) is -2.90. The summed E-state index contributed by atoms with van der Waals surface area (Å²) in [7, 11) is 3.18. The van der Waals surface area contributed by atoms with E-state index in [0.29, 0.717) is 43.6 Å². The van der Waals surface area contributed by atoms with Crippen molar-refractivity contribution in [2.24, 2.45) is 16.3 Å². The smallest absolute Gasteiger partial charge is 0.311 e. The van der Waals surface area contributed by atoms with Gasteiger partial charge in [0.15, 0.2) is 11.6 Å². The molecule has 0 unspecified atom stereocenters. The van der Waals surface area contributed by atoms with Crippen molar-refractivity contribution in [3.05, 3.63) is 63.1 Å². The molecule has 2 bridgehead atoms. The second-order valence-corrected chi connectivity index (χ2v) is 14.3. The molecule has 2 aromatic rings. The summed E-state index contributed by atoms with van der Waals surface area (Å²) in [5, 5.41) is 2.55. The molecule has 1 N–H and O–H groups in total. The van der Waals surface area contributed by atoms with Gasteiger partial charge in [-0.15, -0.1) is 0 Å². The van der Waals surface area contributed by atoms with Crippen molar-refractivity contribution in [3.8, 4) is 5.75 Å². The highest BCUT2D eigenvalue weighted by Crippen LogP contribution is 2.51. The predicted octanol–water partition coefficient (Wildman–Crippen LogP) is 7.66. The lowest BCUT2D eigenvalue weighted by molar-refractivity contribution is -0.134. The van der Waals surface area contributed by atoms with Crippen molar-refractivity contribution in [1.29, 1.82) is 0 Å². The van der Waals surface area contributed by atoms with Crippen molar-refractivity contribution in [3.63, 3.8) is 0 Å². The number of methoxy groups -OCH3 is 1. The summed E-state index contributed by atoms with van der Waals surface area (Å²) < 4.78 is 40.8. The molecule has 3 heterocycles. The standard InChI is InChI=1S/C37H50F2N4O6.C2H6.H2/c1-23(2)12-10-8-9-11-13-30(44)49-33-31-35(47)42-22-37(5,36(4,17-16-24(42)3)19-29(40-6)48-7)43(31)21-27(32(33)45)34(46)41-20-25-14-15-26(38)18-28(25)39;1-2;/h14-15,18,21,23-24H,8-13,16-17,19-20,22H2,1-7H3,(H,41,46);1-2H3;1H/t24-,36+,37+;;/m0../s1. The number of fused-ring (bicyclic) bond motifs is 4. The molecule has 0 aliphatic carbocycles. The second kappa shape index (κ2) is 17.9. The Bertz CT molecular complexity index is 1660. The van der Waals surface area contributed by atoms with Gasteiger partial charge >= 0.3 is 5.97 Å². The zero-order valence-electron chi connectivity index (χ0n) is 31.8. The lowest BCUT2D eigenvalue weighted by Gasteiger charge is -2.52. The van der Waals surface area contributed by atoms with Gasteiger partial charge < -0.3 is 24.3 Å². The first-order valence-corrected chi connectivity index (χ1v) is 18.2. The molecule has 0 spiro atoms. The normalized spacial score (nSPS) is 21.3. The molecule has 1 aromatic heterocycles. The van der Waals surface area contributed by atoms with E-state index in [1.165, 1.54) is 12.3 Å². The first kappa shape index (κ1) is 41.3. The molecule has 12 heteroatoms. The number of hydrogen-bond acceptors (Lipinski definition) is 7. The number of rotatable bonds is 13. The summed E-state index contributed by atoms with van der Waals surface area (Å²) in [6.45, 7) is 14.2. The van der Waals surface area contributed by atoms with Crippen LogP contribution in [0.3, 0.4) is 0 Å². The third kappa shape index (κ3) is 9.23. The molecule has 2 amide bonds. The quantitative estimate of drug-likeness (QED) is 0.0985. The van der Waals surface area contributed by atoms with E-state index in [9.17, 15) is 28.0 Å². The monoisotopic (exact) mass is 716 g/mol. The van der Waals surface area contributed by atoms with Crippen molar-refractivity contribution in [1.82, 2.24) is 14.8 Å². The van der Waals surface area contributed by atoms with E-state index in [2.05, 4.69) is 31.1 Å². The predicted molar refractivity (Wildman–Crippen MR) is 196 cm³/mol. The third-order valence-electron chi connectivity index (χ3n) is 10.4. The number of carbonyl (C=O) groups excluding carboxylic acids is 3. The minimum Gasteiger partial charge on any atom is -0.484 e. The lowest BCUT2D eigenvalue weighted by atomic mass is 9.66. The Balaban J connectivity index is 0.00000307. The van der Waals surface area contributed by atoms with Crippen LogP contribution < -0.4 is 15.5 Å². The molecule has 1 saturated heterocycles. The van der Waals surface area contributed by atoms with Crippen LogP contribution in [-0.2, 0) is 21.6 Å². The SMILES string of the molecule is CC.CN=C(C[C@@]1(C)CC[C@H](C)N2C[C@@]1(C)n1cc(C(=O)NCc3ccc(F)cc3F)c(=O)c(OC(=O)CCCCCCC(C)C)c1C2=O)OC.[HH]. The van der Waals surface area contributed by atoms with Crippen LogP contribution in [0.5, 0.6) is 5.75 Å². The number of benzene rings is 1. The zero-order chi connectivity index (χ0) is 38.1. The molecule has 10 nitrogen and oxygen atoms in total. The number of ether oxygens (including phenoxy) is 2. The Morgan fingerprint density at radius 2 is 1.80 bits per heavy atom. The summed E-state index contributed by atoms with van der Waals surface area (Å²) in [4.78, 5) is 61.3. The maximum atomic E-state index is 14.4. The van der Waals surface area contributed by atoms with Gasteiger partial charge in [-0.25, -0.2) is 8.78 Å². The van der Waals surface area contributed by atoms with Crippen molar-refractivity contribution < 1.29 is 34.1 Å². The number of hydrogen-bond donors (Lipinski definition) is 1. The van der Waals surface area contributed by atoms with Gasteiger partial charge in [-0.3, -0.25) is 24.2 Å². The van der Waals surface area contributed by atoms with Crippen LogP contribution in [0.2, 0.25) is 0 Å². The number of carbonyl (C=O) groups is 3. The molecule has 4 rings (SSSR count). The molecule has 1 fully saturated rings. The van der Waals surface area contributed by atoms with E-state index < -0.39 is 51.6 Å². The molecular weight excluding hydrogens is 658 g/mol. The summed E-state index contributed by atoms with van der Waals surface area (Å²) in [5.74, 6) is -3.02. The van der Waals surface area contributed by atoms with Crippen molar-refractivity contribution in [2.75, 3.05) is 20.7 Å². The molecule has 2 aliphatic rings. The average molecular weight is 717 g/mol. The van der Waals surface area contributed by atoms with Gasteiger partial charge in [0.25, 0.3) is 11.8 Å². The van der Waals surface area contributed by atoms with E-state index in [1.807, 2.05) is 27.7 Å². The van der Waals surface area contributed by atoms with Crippen LogP contribution in [-0.4, -0.2) is 59.9 Å². The maximum absolute atomic E-state index is 14.4. The number of nitrogens with zero attached hydrogens (tertiary/aromatic N) is 3. The van der Waals surface area contributed by atoms with Gasteiger partial charge in [0, 0.05) is 63.7 Å². The number of pyridine rings is 1. The van der Waals surface area contributed by atoms with Crippen LogP contribution in [0, 0.1) is 23.0 Å². The Morgan fingerprint density at radius 1 is 1.12 bits per heavy atom. The number of nitrogens with one attached hydrogen (secondary N) is 1. The molecule has 0 saturated carbocycles. The van der Waals surface area contributed by atoms with Crippen LogP contribution in [0.15, 0.2) is 34.2 Å². The maximum Gasteiger partial charge on any atom is 0.311 e. The molecule has 1 aromatic carbocycles. The average Bonchev–Trinajstić information content (AvgIpc) is 3.18. The van der Waals surface area contributed by atoms with E-state index in [1.54, 1.807) is 23.6 Å². The topological polar surface area (TPSA) is 119 Å². The van der Waals surface area contributed by atoms with Crippen LogP contribution in [0.1, 0.15) is 134 Å². The number of amides is 2. The molecule has 0 radical (unpaired) electrons. The van der Waals surface area contributed by atoms with Crippen molar-refractivity contribution in [2.45, 2.75) is 124 Å². The fraction of sp³-hybridized carbons (Fsp3) is 0.615. The highest BCUT2D eigenvalue weighted by Gasteiger charge is 2.55. The minimum absolute atomic E-state index is 0. The molecule has 51 heavy (non-hydrogen) atoms. The Kier molecular flexibility index (Phi) is 14.5. The Morgan fingerprint density at radius 3 is 2.43 bits per heavy atom. The molecule has 3 atom stereocenters. The number of unbranched alkanes of at least 4 members (excludes halogenated alkanes) is 3. The third-order valence-corrected chi connectivity index (χ3v) is 10.4. The van der Waals surface area contributed by atoms with Crippen LogP contribution in [0.4, 0.5) is 8.78 Å². The highest BCUT2D eigenvalue weighted by atomic mass is 19.1. The number of aliphatic imine (C=N–C) groups is 1. The van der Waals surface area contributed by atoms with E-state index in [4.69, 9.17) is 9.47 Å². The lowest BCUT2D eigenvalue weighted by Crippen LogP contribution is -2.60. The first-order chi connectivity index (χ1) is 24.1. The van der Waals surface area contributed by atoms with Gasteiger partial charge in [-0.05, 0) is 45.1 Å². The number of halogens is 2. The Hall–Kier alpha value is -4.09. The van der Waals surface area contributed by atoms with Crippen molar-refractivity contribution >= 4 is 23.7 Å². The minimum atomic E-state index is -0.924. The number of aromatic nitrogens is 1. The summed E-state index contributed by atoms with van der Waals surface area (Å²) >= 11 is 0. The summed E-state index contributed by atoms with van der Waals surface area (Å²) in [6, 6.07) is 2.79. The fourth-order valence-corrected chi connectivity index (χ4v) is 6.97. The summed E-state index contributed by atoms with van der Waals surface area (Å²) in [6.07, 6.45) is 7.55. The molecule has 2 aliphatic heterocycles. The van der Waals surface area contributed by atoms with Crippen LogP contribution >= 0.6 is 0 Å². The van der Waals surface area contributed by atoms with E-state index in [-0.39, 0.29) is 43.8 Å². The highest BCUT2D eigenvalue weighted by molar-refractivity contribution is 6.00.